The van der Waals surface area contributed by atoms with Crippen LogP contribution in [-0.4, -0.2) is 55.0 Å². The van der Waals surface area contributed by atoms with Crippen LogP contribution in [0.5, 0.6) is 0 Å². The fraction of sp³-hybridized carbons (Fsp3) is 0.562. The number of anilines is 2. The number of carbonyl (C=O) groups is 1. The Morgan fingerprint density at radius 1 is 1.48 bits per heavy atom. The molecule has 1 aromatic rings. The van der Waals surface area contributed by atoms with Crippen molar-refractivity contribution in [2.45, 2.75) is 25.8 Å². The van der Waals surface area contributed by atoms with Crippen LogP contribution in [0.25, 0.3) is 0 Å². The monoisotopic (exact) mass is 290 g/mol. The molecule has 1 saturated heterocycles. The number of para-hydroxylation sites is 2. The molecule has 0 aliphatic carbocycles. The second-order valence-corrected chi connectivity index (χ2v) is 5.76. The molecule has 1 amide bonds. The molecule has 2 rings (SSSR count). The molecule has 5 nitrogen and oxygen atoms in total. The lowest BCUT2D eigenvalue weighted by Gasteiger charge is -2.27. The van der Waals surface area contributed by atoms with E-state index in [9.17, 15) is 4.79 Å². The first-order valence-electron chi connectivity index (χ1n) is 7.67. The van der Waals surface area contributed by atoms with E-state index in [0.717, 1.165) is 13.1 Å². The van der Waals surface area contributed by atoms with Crippen LogP contribution in [0, 0.1) is 0 Å². The lowest BCUT2D eigenvalue weighted by molar-refractivity contribution is -0.117. The van der Waals surface area contributed by atoms with E-state index in [4.69, 9.17) is 5.73 Å². The van der Waals surface area contributed by atoms with Crippen molar-refractivity contribution in [2.24, 2.45) is 0 Å². The number of amides is 1. The van der Waals surface area contributed by atoms with Crippen LogP contribution in [0.4, 0.5) is 11.4 Å². The van der Waals surface area contributed by atoms with Gasteiger partial charge < -0.3 is 11.1 Å². The van der Waals surface area contributed by atoms with Crippen molar-refractivity contribution < 1.29 is 4.79 Å². The minimum atomic E-state index is -0.0172. The van der Waals surface area contributed by atoms with Crippen LogP contribution in [0.15, 0.2) is 24.3 Å². The second-order valence-electron chi connectivity index (χ2n) is 5.76. The second kappa shape index (κ2) is 7.43. The third-order valence-corrected chi connectivity index (χ3v) is 4.08. The van der Waals surface area contributed by atoms with Gasteiger partial charge in [0.05, 0.1) is 17.9 Å². The van der Waals surface area contributed by atoms with E-state index in [1.807, 2.05) is 25.2 Å². The van der Waals surface area contributed by atoms with Gasteiger partial charge in [-0.15, -0.1) is 0 Å². The van der Waals surface area contributed by atoms with E-state index in [2.05, 4.69) is 22.0 Å². The van der Waals surface area contributed by atoms with Gasteiger partial charge in [-0.2, -0.15) is 0 Å². The summed E-state index contributed by atoms with van der Waals surface area (Å²) < 4.78 is 0. The number of hydrogen-bond acceptors (Lipinski definition) is 4. The summed E-state index contributed by atoms with van der Waals surface area (Å²) >= 11 is 0. The number of likely N-dealkylation sites (tertiary alicyclic amines) is 1. The average molecular weight is 290 g/mol. The van der Waals surface area contributed by atoms with E-state index in [1.165, 1.54) is 19.4 Å². The van der Waals surface area contributed by atoms with Gasteiger partial charge in [0.15, 0.2) is 0 Å². The summed E-state index contributed by atoms with van der Waals surface area (Å²) in [7, 11) is 2.00. The lowest BCUT2D eigenvalue weighted by Crippen LogP contribution is -2.41. The van der Waals surface area contributed by atoms with Gasteiger partial charge in [0.2, 0.25) is 5.91 Å². The van der Waals surface area contributed by atoms with Crippen LogP contribution in [0.2, 0.25) is 0 Å². The molecular formula is C16H26N4O. The van der Waals surface area contributed by atoms with Crippen molar-refractivity contribution in [2.75, 3.05) is 44.3 Å². The number of nitrogen functional groups attached to an aromatic ring is 1. The Morgan fingerprint density at radius 3 is 2.95 bits per heavy atom. The van der Waals surface area contributed by atoms with Crippen molar-refractivity contribution in [1.29, 1.82) is 0 Å². The summed E-state index contributed by atoms with van der Waals surface area (Å²) in [4.78, 5) is 16.7. The number of rotatable bonds is 6. The maximum atomic E-state index is 12.1. The summed E-state index contributed by atoms with van der Waals surface area (Å²) in [5, 5.41) is 2.87. The molecule has 0 bridgehead atoms. The molecule has 1 fully saturated rings. The Balaban J connectivity index is 1.81. The number of benzene rings is 1. The average Bonchev–Trinajstić information content (AvgIpc) is 2.88. The highest BCUT2D eigenvalue weighted by molar-refractivity contribution is 5.95. The van der Waals surface area contributed by atoms with Gasteiger partial charge in [-0.05, 0) is 45.1 Å². The number of likely N-dealkylation sites (N-methyl/N-ethyl adjacent to an activating group) is 2. The minimum absolute atomic E-state index is 0.0172. The Bertz CT molecular complexity index is 477. The van der Waals surface area contributed by atoms with E-state index in [-0.39, 0.29) is 5.91 Å². The summed E-state index contributed by atoms with van der Waals surface area (Å²) in [5.41, 5.74) is 7.12. The van der Waals surface area contributed by atoms with Crippen LogP contribution in [-0.2, 0) is 4.79 Å². The third kappa shape index (κ3) is 4.44. The zero-order chi connectivity index (χ0) is 15.2. The molecule has 1 aliphatic rings. The maximum Gasteiger partial charge on any atom is 0.238 e. The third-order valence-electron chi connectivity index (χ3n) is 4.08. The van der Waals surface area contributed by atoms with Crippen molar-refractivity contribution in [3.63, 3.8) is 0 Å². The highest BCUT2D eigenvalue weighted by atomic mass is 16.2. The van der Waals surface area contributed by atoms with Gasteiger partial charge in [-0.1, -0.05) is 19.1 Å². The van der Waals surface area contributed by atoms with E-state index < -0.39 is 0 Å². The molecule has 116 valence electrons. The maximum absolute atomic E-state index is 12.1. The quantitative estimate of drug-likeness (QED) is 0.782. The SMILES string of the molecule is CCN1CCCC1CN(C)CC(=O)Nc1ccccc1N. The van der Waals surface area contributed by atoms with Crippen LogP contribution in [0.1, 0.15) is 19.8 Å². The van der Waals surface area contributed by atoms with Crippen molar-refractivity contribution in [3.8, 4) is 0 Å². The standard InChI is InChI=1S/C16H26N4O/c1-3-20-10-6-7-13(20)11-19(2)12-16(21)18-15-9-5-4-8-14(15)17/h4-5,8-9,13H,3,6-7,10-12,17H2,1-2H3,(H,18,21). The molecule has 0 spiro atoms. The molecule has 0 aromatic heterocycles. The largest absolute Gasteiger partial charge is 0.397 e. The molecule has 0 saturated carbocycles. The van der Waals surface area contributed by atoms with Crippen molar-refractivity contribution in [3.05, 3.63) is 24.3 Å². The van der Waals surface area contributed by atoms with Crippen LogP contribution < -0.4 is 11.1 Å². The van der Waals surface area contributed by atoms with Gasteiger partial charge in [0.25, 0.3) is 0 Å². The summed E-state index contributed by atoms with van der Waals surface area (Å²) in [6, 6.07) is 7.92. The summed E-state index contributed by atoms with van der Waals surface area (Å²) in [5.74, 6) is -0.0172. The van der Waals surface area contributed by atoms with Gasteiger partial charge in [-0.3, -0.25) is 14.6 Å². The zero-order valence-electron chi connectivity index (χ0n) is 13.0. The fourth-order valence-electron chi connectivity index (χ4n) is 2.99. The normalized spacial score (nSPS) is 19.1. The Kier molecular flexibility index (Phi) is 5.59. The van der Waals surface area contributed by atoms with Crippen LogP contribution in [0.3, 0.4) is 0 Å². The molecule has 5 heteroatoms. The van der Waals surface area contributed by atoms with Gasteiger partial charge >= 0.3 is 0 Å². The first kappa shape index (κ1) is 15.8. The first-order valence-corrected chi connectivity index (χ1v) is 7.67. The van der Waals surface area contributed by atoms with Gasteiger partial charge in [0, 0.05) is 12.6 Å². The molecule has 3 N–H and O–H groups in total. The molecule has 1 heterocycles. The van der Waals surface area contributed by atoms with Crippen LogP contribution >= 0.6 is 0 Å². The Labute approximate surface area is 127 Å². The minimum Gasteiger partial charge on any atom is -0.397 e. The highest BCUT2D eigenvalue weighted by Gasteiger charge is 2.24. The van der Waals surface area contributed by atoms with E-state index in [0.29, 0.717) is 24.0 Å². The smallest absolute Gasteiger partial charge is 0.238 e. The van der Waals surface area contributed by atoms with Gasteiger partial charge in [-0.25, -0.2) is 0 Å². The van der Waals surface area contributed by atoms with Crippen molar-refractivity contribution >= 4 is 17.3 Å². The first-order chi connectivity index (χ1) is 10.1. The van der Waals surface area contributed by atoms with E-state index in [1.54, 1.807) is 6.07 Å². The molecule has 1 aliphatic heterocycles. The Hall–Kier alpha value is -1.59. The highest BCUT2D eigenvalue weighted by Crippen LogP contribution is 2.18. The van der Waals surface area contributed by atoms with Gasteiger partial charge in [0.1, 0.15) is 0 Å². The number of nitrogens with one attached hydrogen (secondary N) is 1. The van der Waals surface area contributed by atoms with Crippen molar-refractivity contribution in [1.82, 2.24) is 9.80 Å². The molecule has 1 atom stereocenters. The molecule has 1 aromatic carbocycles. The molecule has 0 radical (unpaired) electrons. The molecular weight excluding hydrogens is 264 g/mol. The molecule has 21 heavy (non-hydrogen) atoms. The Morgan fingerprint density at radius 2 is 2.24 bits per heavy atom. The number of nitrogens with zero attached hydrogens (tertiary/aromatic N) is 2. The lowest BCUT2D eigenvalue weighted by atomic mass is 10.2. The molecule has 1 unspecified atom stereocenters. The van der Waals surface area contributed by atoms with E-state index >= 15 is 0 Å². The number of nitrogens with two attached hydrogens (primary N) is 1. The summed E-state index contributed by atoms with van der Waals surface area (Å²) in [6.07, 6.45) is 2.49. The zero-order valence-corrected chi connectivity index (χ0v) is 13.0. The number of carbonyl (C=O) groups excluding carboxylic acids is 1. The predicted octanol–water partition coefficient (Wildman–Crippen LogP) is 1.62. The summed E-state index contributed by atoms with van der Waals surface area (Å²) in [6.45, 7) is 5.80. The predicted molar refractivity (Wildman–Crippen MR) is 87.3 cm³/mol. The fourth-order valence-corrected chi connectivity index (χ4v) is 2.99. The number of hydrogen-bond donors (Lipinski definition) is 2. The topological polar surface area (TPSA) is 61.6 Å².